The molecule has 0 aliphatic carbocycles. The van der Waals surface area contributed by atoms with E-state index in [0.717, 1.165) is 19.5 Å². The fraction of sp³-hybridized carbons (Fsp3) is 0.355. The third kappa shape index (κ3) is 18.0. The van der Waals surface area contributed by atoms with Crippen LogP contribution in [0, 0.1) is 11.8 Å². The Morgan fingerprint density at radius 2 is 1.09 bits per heavy atom. The third-order valence-corrected chi connectivity index (χ3v) is 4.16. The van der Waals surface area contributed by atoms with Crippen LogP contribution in [0.5, 0.6) is 0 Å². The van der Waals surface area contributed by atoms with Gasteiger partial charge in [-0.25, -0.2) is 0 Å². The van der Waals surface area contributed by atoms with Gasteiger partial charge in [0.05, 0.1) is 0 Å². The molecule has 0 amide bonds. The number of rotatable bonds is 8. The highest BCUT2D eigenvalue weighted by atomic mass is 16.5. The minimum Gasteiger partial charge on any atom is -0.381 e. The lowest BCUT2D eigenvalue weighted by Gasteiger charge is -2.09. The smallest absolute Gasteiger partial charge is 0.195 e. The molecule has 0 spiro atoms. The molecule has 0 fully saturated rings. The van der Waals surface area contributed by atoms with Crippen molar-refractivity contribution in [1.82, 2.24) is 0 Å². The van der Waals surface area contributed by atoms with Crippen molar-refractivity contribution in [1.29, 1.82) is 0 Å². The van der Waals surface area contributed by atoms with Gasteiger partial charge < -0.3 is 14.6 Å². The van der Waals surface area contributed by atoms with Gasteiger partial charge in [-0.3, -0.25) is 4.79 Å². The highest BCUT2D eigenvalue weighted by Crippen LogP contribution is 2.17. The van der Waals surface area contributed by atoms with Gasteiger partial charge >= 0.3 is 0 Å². The molecule has 0 saturated carbocycles. The van der Waals surface area contributed by atoms with Crippen LogP contribution in [0.3, 0.4) is 0 Å². The predicted molar refractivity (Wildman–Crippen MR) is 145 cm³/mol. The fourth-order valence-corrected chi connectivity index (χ4v) is 2.47. The van der Waals surface area contributed by atoms with Gasteiger partial charge in [0.15, 0.2) is 5.78 Å². The Balaban J connectivity index is 0.000000512. The van der Waals surface area contributed by atoms with E-state index in [0.29, 0.717) is 29.4 Å². The van der Waals surface area contributed by atoms with Crippen molar-refractivity contribution in [3.63, 3.8) is 0 Å². The lowest BCUT2D eigenvalue weighted by Crippen LogP contribution is -2.11. The molecule has 0 aliphatic heterocycles. The van der Waals surface area contributed by atoms with E-state index in [1.54, 1.807) is 48.5 Å². The first-order valence-electron chi connectivity index (χ1n) is 12.2. The van der Waals surface area contributed by atoms with Gasteiger partial charge in [0.25, 0.3) is 0 Å². The zero-order valence-electron chi connectivity index (χ0n) is 21.8. The second kappa shape index (κ2) is 21.5. The van der Waals surface area contributed by atoms with E-state index in [1.807, 2.05) is 55.5 Å². The van der Waals surface area contributed by atoms with Gasteiger partial charge in [-0.15, -0.1) is 0 Å². The predicted octanol–water partition coefficient (Wildman–Crippen LogP) is 7.20. The van der Waals surface area contributed by atoms with Crippen molar-refractivity contribution >= 4 is 12.1 Å². The van der Waals surface area contributed by atoms with Gasteiger partial charge in [0.1, 0.15) is 12.4 Å². The number of aliphatic hydroxyl groups excluding tert-OH is 1. The monoisotopic (exact) mass is 478 g/mol. The van der Waals surface area contributed by atoms with Crippen molar-refractivity contribution in [3.05, 3.63) is 108 Å². The van der Waals surface area contributed by atoms with E-state index in [4.69, 9.17) is 4.74 Å². The Bertz CT molecular complexity index is 828. The lowest BCUT2D eigenvalue weighted by molar-refractivity contribution is -0.107. The molecule has 3 rings (SSSR count). The van der Waals surface area contributed by atoms with Crippen LogP contribution in [0.25, 0.3) is 0 Å². The fourth-order valence-electron chi connectivity index (χ4n) is 2.47. The molecular weight excluding hydrogens is 436 g/mol. The molecule has 0 aliphatic rings. The third-order valence-electron chi connectivity index (χ3n) is 4.16. The summed E-state index contributed by atoms with van der Waals surface area (Å²) in [6.07, 6.45) is 0.434. The molecule has 0 heterocycles. The van der Waals surface area contributed by atoms with E-state index < -0.39 is 6.10 Å². The number of Topliss-reactive ketones (excluding diaryl/α,β-unsaturated/α-hetero) is 1. The minimum atomic E-state index is -1.08. The number of ether oxygens (including phenoxy) is 1. The molecule has 3 aromatic rings. The number of benzene rings is 3. The second-order valence-electron chi connectivity index (χ2n) is 8.60. The van der Waals surface area contributed by atoms with E-state index in [-0.39, 0.29) is 5.78 Å². The number of ketones is 1. The molecule has 35 heavy (non-hydrogen) atoms. The lowest BCUT2D eigenvalue weighted by atomic mass is 10.0. The van der Waals surface area contributed by atoms with Crippen LogP contribution in [0.1, 0.15) is 63.1 Å². The molecule has 1 atom stereocenters. The molecule has 0 radical (unpaired) electrons. The van der Waals surface area contributed by atoms with Crippen molar-refractivity contribution in [2.75, 3.05) is 13.2 Å². The van der Waals surface area contributed by atoms with Crippen LogP contribution in [0.4, 0.5) is 0 Å². The SMILES string of the molecule is CC(C)COCC(C)C.CCC=O.O=C(c1ccccc1)C(O)c1ccccc1.c1ccccc1. The first-order valence-corrected chi connectivity index (χ1v) is 12.2. The van der Waals surface area contributed by atoms with Crippen LogP contribution in [-0.2, 0) is 9.53 Å². The van der Waals surface area contributed by atoms with Crippen LogP contribution in [0.15, 0.2) is 97.1 Å². The van der Waals surface area contributed by atoms with Gasteiger partial charge in [0.2, 0.25) is 0 Å². The standard InChI is InChI=1S/C14H12O2.C8H18O.C6H6.C3H6O/c15-13(11-7-3-1-4-8-11)14(16)12-9-5-2-6-10-12;1-7(2)5-9-6-8(3)4;1-2-4-6-5-3-1;1-2-3-4/h1-10,13,15H;7-8H,5-6H2,1-4H3;1-6H;3H,2H2,1H3. The summed E-state index contributed by atoms with van der Waals surface area (Å²) < 4.78 is 5.36. The molecule has 4 heteroatoms. The molecular formula is C31H42O4. The summed E-state index contributed by atoms with van der Waals surface area (Å²) >= 11 is 0. The quantitative estimate of drug-likeness (QED) is 0.275. The number of aldehydes is 1. The molecule has 190 valence electrons. The average molecular weight is 479 g/mol. The Morgan fingerprint density at radius 1 is 0.743 bits per heavy atom. The normalized spacial score (nSPS) is 10.5. The Kier molecular flexibility index (Phi) is 19.6. The molecule has 0 bridgehead atoms. The summed E-state index contributed by atoms with van der Waals surface area (Å²) in [5, 5.41) is 9.89. The first kappa shape index (κ1) is 31.9. The van der Waals surface area contributed by atoms with Crippen molar-refractivity contribution in [2.45, 2.75) is 47.1 Å². The van der Waals surface area contributed by atoms with Gasteiger partial charge in [-0.1, -0.05) is 132 Å². The highest BCUT2D eigenvalue weighted by molar-refractivity contribution is 5.99. The van der Waals surface area contributed by atoms with E-state index in [1.165, 1.54) is 0 Å². The maximum atomic E-state index is 11.9. The van der Waals surface area contributed by atoms with E-state index in [2.05, 4.69) is 27.7 Å². The van der Waals surface area contributed by atoms with Crippen LogP contribution in [-0.4, -0.2) is 30.4 Å². The maximum absolute atomic E-state index is 11.9. The number of carbonyl (C=O) groups is 2. The zero-order chi connectivity index (χ0) is 26.3. The number of carbonyl (C=O) groups excluding carboxylic acids is 2. The number of hydrogen-bond acceptors (Lipinski definition) is 4. The van der Waals surface area contributed by atoms with Crippen molar-refractivity contribution in [2.24, 2.45) is 11.8 Å². The molecule has 1 unspecified atom stereocenters. The average Bonchev–Trinajstić information content (AvgIpc) is 2.90. The summed E-state index contributed by atoms with van der Waals surface area (Å²) in [5.74, 6) is 1.07. The summed E-state index contributed by atoms with van der Waals surface area (Å²) in [6.45, 7) is 12.3. The first-order chi connectivity index (χ1) is 16.8. The van der Waals surface area contributed by atoms with E-state index >= 15 is 0 Å². The molecule has 1 N–H and O–H groups in total. The van der Waals surface area contributed by atoms with Crippen LogP contribution < -0.4 is 0 Å². The molecule has 0 aromatic heterocycles. The second-order valence-corrected chi connectivity index (χ2v) is 8.60. The summed E-state index contributed by atoms with van der Waals surface area (Å²) in [6, 6.07) is 29.7. The van der Waals surface area contributed by atoms with Crippen LogP contribution >= 0.6 is 0 Å². The largest absolute Gasteiger partial charge is 0.381 e. The Morgan fingerprint density at radius 3 is 1.43 bits per heavy atom. The summed E-state index contributed by atoms with van der Waals surface area (Å²) in [5.41, 5.74) is 1.15. The molecule has 3 aromatic carbocycles. The molecule has 4 nitrogen and oxygen atoms in total. The van der Waals surface area contributed by atoms with Gasteiger partial charge in [-0.05, 0) is 17.4 Å². The van der Waals surface area contributed by atoms with Crippen molar-refractivity contribution < 1.29 is 19.4 Å². The van der Waals surface area contributed by atoms with Gasteiger partial charge in [-0.2, -0.15) is 0 Å². The maximum Gasteiger partial charge on any atom is 0.195 e. The number of aliphatic hydroxyl groups is 1. The molecule has 0 saturated heterocycles. The van der Waals surface area contributed by atoms with Gasteiger partial charge in [0, 0.05) is 25.2 Å². The Hall–Kier alpha value is -3.08. The number of hydrogen-bond donors (Lipinski definition) is 1. The van der Waals surface area contributed by atoms with E-state index in [9.17, 15) is 14.7 Å². The minimum absolute atomic E-state index is 0.271. The highest BCUT2D eigenvalue weighted by Gasteiger charge is 2.18. The Labute approximate surface area is 212 Å². The zero-order valence-corrected chi connectivity index (χ0v) is 21.8. The van der Waals surface area contributed by atoms with Crippen molar-refractivity contribution in [3.8, 4) is 0 Å². The summed E-state index contributed by atoms with van der Waals surface area (Å²) in [4.78, 5) is 21.1. The topological polar surface area (TPSA) is 63.6 Å². The summed E-state index contributed by atoms with van der Waals surface area (Å²) in [7, 11) is 0. The van der Waals surface area contributed by atoms with Crippen LogP contribution in [0.2, 0.25) is 0 Å².